The fourth-order valence-corrected chi connectivity index (χ4v) is 2.38. The van der Waals surface area contributed by atoms with E-state index in [4.69, 9.17) is 4.74 Å². The highest BCUT2D eigenvalue weighted by atomic mass is 16.6. The van der Waals surface area contributed by atoms with Crippen molar-refractivity contribution >= 4 is 23.1 Å². The van der Waals surface area contributed by atoms with Crippen LogP contribution in [0.4, 0.5) is 11.4 Å². The lowest BCUT2D eigenvalue weighted by atomic mass is 10.1. The van der Waals surface area contributed by atoms with Crippen LogP contribution in [-0.2, 0) is 4.79 Å². The molecule has 0 spiro atoms. The lowest BCUT2D eigenvalue weighted by Gasteiger charge is -2.12. The fourth-order valence-electron chi connectivity index (χ4n) is 2.38. The quantitative estimate of drug-likeness (QED) is 0.462. The van der Waals surface area contributed by atoms with Crippen molar-refractivity contribution in [3.63, 3.8) is 0 Å². The molecule has 2 rings (SSSR count). The summed E-state index contributed by atoms with van der Waals surface area (Å²) in [5, 5.41) is 13.7. The maximum absolute atomic E-state index is 12.1. The third kappa shape index (κ3) is 4.44. The minimum absolute atomic E-state index is 0.0246. The number of hydrogen-bond donors (Lipinski definition) is 1. The van der Waals surface area contributed by atoms with Crippen molar-refractivity contribution in [3.8, 4) is 5.75 Å². The van der Waals surface area contributed by atoms with Crippen LogP contribution >= 0.6 is 0 Å². The van der Waals surface area contributed by atoms with E-state index < -0.39 is 10.8 Å². The number of ether oxygens (including phenoxy) is 1. The summed E-state index contributed by atoms with van der Waals surface area (Å²) in [5.74, 6) is -0.0460. The second kappa shape index (κ2) is 8.24. The van der Waals surface area contributed by atoms with Crippen molar-refractivity contribution in [2.45, 2.75) is 27.2 Å². The van der Waals surface area contributed by atoms with Crippen molar-refractivity contribution in [1.82, 2.24) is 0 Å². The zero-order valence-corrected chi connectivity index (χ0v) is 14.9. The first-order chi connectivity index (χ1) is 12.3. The van der Waals surface area contributed by atoms with Gasteiger partial charge in [-0.2, -0.15) is 0 Å². The van der Waals surface area contributed by atoms with Crippen LogP contribution in [0, 0.1) is 24.0 Å². The molecule has 1 amide bonds. The van der Waals surface area contributed by atoms with Gasteiger partial charge in [0, 0.05) is 18.1 Å². The summed E-state index contributed by atoms with van der Waals surface area (Å²) in [6, 6.07) is 9.48. The number of nitrogens with zero attached hydrogens (tertiary/aromatic N) is 1. The van der Waals surface area contributed by atoms with E-state index in [1.165, 1.54) is 6.07 Å². The first-order valence-corrected chi connectivity index (χ1v) is 8.14. The van der Waals surface area contributed by atoms with Gasteiger partial charge in [-0.1, -0.05) is 13.0 Å². The van der Waals surface area contributed by atoms with Gasteiger partial charge in [0.2, 0.25) is 0 Å². The van der Waals surface area contributed by atoms with E-state index in [1.54, 1.807) is 44.2 Å². The number of hydrogen-bond acceptors (Lipinski definition) is 5. The van der Waals surface area contributed by atoms with Gasteiger partial charge in [0.05, 0.1) is 4.92 Å². The Labute approximate surface area is 151 Å². The first-order valence-electron chi connectivity index (χ1n) is 8.14. The molecule has 136 valence electrons. The molecule has 0 aliphatic carbocycles. The summed E-state index contributed by atoms with van der Waals surface area (Å²) in [5.41, 5.74) is 2.06. The molecule has 0 atom stereocenters. The van der Waals surface area contributed by atoms with Crippen molar-refractivity contribution < 1.29 is 19.2 Å². The number of nitrogens with one attached hydrogen (secondary N) is 1. The molecule has 0 aromatic heterocycles. The molecule has 0 aliphatic rings. The smallest absolute Gasteiger partial charge is 0.293 e. The normalized spacial score (nSPS) is 10.3. The maximum atomic E-state index is 12.1. The van der Waals surface area contributed by atoms with Gasteiger partial charge in [0.25, 0.3) is 11.6 Å². The molecule has 0 saturated carbocycles. The SMILES string of the molecule is CCC(=O)c1ccc(OCC(=O)Nc2c([N+](=O)[O-])ccc(C)c2C)cc1. The van der Waals surface area contributed by atoms with Gasteiger partial charge in [-0.05, 0) is 49.2 Å². The molecular weight excluding hydrogens is 336 g/mol. The molecule has 1 N–H and O–H groups in total. The Morgan fingerprint density at radius 3 is 2.35 bits per heavy atom. The second-order valence-corrected chi connectivity index (χ2v) is 5.80. The molecule has 7 nitrogen and oxygen atoms in total. The second-order valence-electron chi connectivity index (χ2n) is 5.80. The van der Waals surface area contributed by atoms with Crippen molar-refractivity contribution in [1.29, 1.82) is 0 Å². The molecule has 0 fully saturated rings. The van der Waals surface area contributed by atoms with Crippen molar-refractivity contribution in [3.05, 3.63) is 63.2 Å². The monoisotopic (exact) mass is 356 g/mol. The highest BCUT2D eigenvalue weighted by Crippen LogP contribution is 2.30. The van der Waals surface area contributed by atoms with E-state index in [-0.39, 0.29) is 23.8 Å². The topological polar surface area (TPSA) is 98.5 Å². The first kappa shape index (κ1) is 19.1. The number of nitro groups is 1. The van der Waals surface area contributed by atoms with Gasteiger partial charge in [0.1, 0.15) is 11.4 Å². The van der Waals surface area contributed by atoms with Crippen LogP contribution in [0.1, 0.15) is 34.8 Å². The van der Waals surface area contributed by atoms with Gasteiger partial charge in [-0.25, -0.2) is 0 Å². The maximum Gasteiger partial charge on any atom is 0.293 e. The van der Waals surface area contributed by atoms with E-state index in [1.807, 2.05) is 6.92 Å². The number of nitro benzene ring substituents is 1. The van der Waals surface area contributed by atoms with Crippen molar-refractivity contribution in [2.24, 2.45) is 0 Å². The predicted octanol–water partition coefficient (Wildman–Crippen LogP) is 3.82. The van der Waals surface area contributed by atoms with E-state index in [2.05, 4.69) is 5.32 Å². The van der Waals surface area contributed by atoms with Gasteiger partial charge in [-0.3, -0.25) is 19.7 Å². The largest absolute Gasteiger partial charge is 0.484 e. The Balaban J connectivity index is 2.05. The Kier molecular flexibility index (Phi) is 6.06. The zero-order chi connectivity index (χ0) is 19.3. The van der Waals surface area contributed by atoms with Gasteiger partial charge in [-0.15, -0.1) is 0 Å². The molecule has 0 radical (unpaired) electrons. The summed E-state index contributed by atoms with van der Waals surface area (Å²) in [7, 11) is 0. The van der Waals surface area contributed by atoms with Gasteiger partial charge >= 0.3 is 0 Å². The number of carbonyl (C=O) groups excluding carboxylic acids is 2. The van der Waals surface area contributed by atoms with Crippen LogP contribution in [0.5, 0.6) is 5.75 Å². The standard InChI is InChI=1S/C19H20N2O5/c1-4-17(22)14-6-8-15(9-7-14)26-11-18(23)20-19-13(3)12(2)5-10-16(19)21(24)25/h5-10H,4,11H2,1-3H3,(H,20,23). The summed E-state index contributed by atoms with van der Waals surface area (Å²) in [4.78, 5) is 34.3. The summed E-state index contributed by atoms with van der Waals surface area (Å²) < 4.78 is 5.39. The zero-order valence-electron chi connectivity index (χ0n) is 14.9. The van der Waals surface area contributed by atoms with E-state index in [9.17, 15) is 19.7 Å². The Hall–Kier alpha value is -3.22. The lowest BCUT2D eigenvalue weighted by Crippen LogP contribution is -2.21. The Bertz CT molecular complexity index is 844. The minimum atomic E-state index is -0.535. The predicted molar refractivity (Wildman–Crippen MR) is 97.8 cm³/mol. The fraction of sp³-hybridized carbons (Fsp3) is 0.263. The number of amides is 1. The van der Waals surface area contributed by atoms with E-state index in [0.717, 1.165) is 5.56 Å². The van der Waals surface area contributed by atoms with Crippen LogP contribution in [-0.4, -0.2) is 23.2 Å². The molecule has 2 aromatic rings. The number of rotatable bonds is 7. The molecule has 2 aromatic carbocycles. The number of Topliss-reactive ketones (excluding diaryl/α,β-unsaturated/α-hetero) is 1. The van der Waals surface area contributed by atoms with Gasteiger partial charge in [0.15, 0.2) is 12.4 Å². The number of carbonyl (C=O) groups is 2. The molecule has 0 aliphatic heterocycles. The minimum Gasteiger partial charge on any atom is -0.484 e. The van der Waals surface area contributed by atoms with Gasteiger partial charge < -0.3 is 10.1 Å². The average Bonchev–Trinajstić information content (AvgIpc) is 2.63. The summed E-state index contributed by atoms with van der Waals surface area (Å²) in [6.07, 6.45) is 0.414. The van der Waals surface area contributed by atoms with Crippen LogP contribution in [0.2, 0.25) is 0 Å². The molecule has 0 saturated heterocycles. The van der Waals surface area contributed by atoms with Crippen LogP contribution < -0.4 is 10.1 Å². The molecule has 7 heteroatoms. The highest BCUT2D eigenvalue weighted by molar-refractivity contribution is 5.96. The van der Waals surface area contributed by atoms with E-state index in [0.29, 0.717) is 23.3 Å². The van der Waals surface area contributed by atoms with Crippen molar-refractivity contribution in [2.75, 3.05) is 11.9 Å². The number of benzene rings is 2. The molecule has 0 unspecified atom stereocenters. The summed E-state index contributed by atoms with van der Waals surface area (Å²) in [6.45, 7) is 5.00. The highest BCUT2D eigenvalue weighted by Gasteiger charge is 2.19. The molecule has 0 bridgehead atoms. The average molecular weight is 356 g/mol. The number of ketones is 1. The third-order valence-corrected chi connectivity index (χ3v) is 4.04. The molecular formula is C19H20N2O5. The lowest BCUT2D eigenvalue weighted by molar-refractivity contribution is -0.384. The number of aryl methyl sites for hydroxylation is 1. The number of anilines is 1. The van der Waals surface area contributed by atoms with Crippen LogP contribution in [0.25, 0.3) is 0 Å². The van der Waals surface area contributed by atoms with Crippen LogP contribution in [0.3, 0.4) is 0 Å². The Morgan fingerprint density at radius 2 is 1.77 bits per heavy atom. The van der Waals surface area contributed by atoms with E-state index >= 15 is 0 Å². The van der Waals surface area contributed by atoms with Crippen LogP contribution in [0.15, 0.2) is 36.4 Å². The summed E-state index contributed by atoms with van der Waals surface area (Å²) >= 11 is 0. The third-order valence-electron chi connectivity index (χ3n) is 4.04. The Morgan fingerprint density at radius 1 is 1.12 bits per heavy atom. The molecule has 0 heterocycles. The molecule has 26 heavy (non-hydrogen) atoms.